The molecule has 5 heteroatoms. The van der Waals surface area contributed by atoms with E-state index in [2.05, 4.69) is 0 Å². The third kappa shape index (κ3) is 1.95. The number of anilines is 2. The zero-order chi connectivity index (χ0) is 15.4. The summed E-state index contributed by atoms with van der Waals surface area (Å²) in [5.41, 5.74) is 0.735. The Morgan fingerprint density at radius 1 is 1.14 bits per heavy atom. The number of fused-ring (bicyclic) bond motifs is 1. The van der Waals surface area contributed by atoms with Crippen molar-refractivity contribution in [1.82, 2.24) is 0 Å². The first-order chi connectivity index (χ1) is 9.87. The topological polar surface area (TPSA) is 57.7 Å². The highest BCUT2D eigenvalue weighted by Gasteiger charge is 2.49. The van der Waals surface area contributed by atoms with Crippen LogP contribution in [0, 0.1) is 5.41 Å². The van der Waals surface area contributed by atoms with Crippen molar-refractivity contribution in [1.29, 1.82) is 0 Å². The second kappa shape index (κ2) is 4.41. The number of nitrogens with zero attached hydrogens (tertiary/aromatic N) is 2. The van der Waals surface area contributed by atoms with Gasteiger partial charge in [0.15, 0.2) is 0 Å². The number of rotatable bonds is 2. The lowest BCUT2D eigenvalue weighted by atomic mass is 9.90. The molecule has 0 N–H and O–H groups in total. The van der Waals surface area contributed by atoms with Gasteiger partial charge in [-0.15, -0.1) is 0 Å². The molecule has 5 nitrogen and oxygen atoms in total. The van der Waals surface area contributed by atoms with Crippen molar-refractivity contribution in [3.8, 4) is 0 Å². The van der Waals surface area contributed by atoms with E-state index in [9.17, 15) is 14.4 Å². The predicted octanol–water partition coefficient (Wildman–Crippen LogP) is 2.00. The smallest absolute Gasteiger partial charge is 0.242 e. The van der Waals surface area contributed by atoms with Gasteiger partial charge in [-0.05, 0) is 44.9 Å². The van der Waals surface area contributed by atoms with Crippen LogP contribution in [0.2, 0.25) is 0 Å². The molecule has 2 aliphatic rings. The maximum atomic E-state index is 12.8. The first kappa shape index (κ1) is 13.8. The Balaban J connectivity index is 2.23. The molecule has 3 rings (SSSR count). The largest absolute Gasteiger partial charge is 0.313 e. The van der Waals surface area contributed by atoms with Crippen LogP contribution in [-0.4, -0.2) is 31.2 Å². The van der Waals surface area contributed by atoms with Crippen molar-refractivity contribution in [2.45, 2.75) is 32.7 Å². The number of aldehydes is 1. The van der Waals surface area contributed by atoms with Gasteiger partial charge in [0.05, 0.1) is 11.4 Å². The molecule has 110 valence electrons. The summed E-state index contributed by atoms with van der Waals surface area (Å²) in [7, 11) is 1.65. The number of hydrogen-bond acceptors (Lipinski definition) is 3. The molecule has 0 saturated heterocycles. The lowest BCUT2D eigenvalue weighted by molar-refractivity contribution is -0.137. The Morgan fingerprint density at radius 3 is 2.38 bits per heavy atom. The molecule has 1 fully saturated rings. The molecule has 21 heavy (non-hydrogen) atoms. The highest BCUT2D eigenvalue weighted by Crippen LogP contribution is 2.43. The summed E-state index contributed by atoms with van der Waals surface area (Å²) >= 11 is 0. The fourth-order valence-corrected chi connectivity index (χ4v) is 2.81. The van der Waals surface area contributed by atoms with E-state index in [4.69, 9.17) is 0 Å². The van der Waals surface area contributed by atoms with Crippen LogP contribution in [0.25, 0.3) is 0 Å². The normalized spacial score (nSPS) is 21.1. The second-order valence-corrected chi connectivity index (χ2v) is 6.26. The number of carbonyl (C=O) groups excluding carboxylic acids is 3. The minimum Gasteiger partial charge on any atom is -0.313 e. The number of hydrogen-bond donors (Lipinski definition) is 0. The van der Waals surface area contributed by atoms with Crippen LogP contribution < -0.4 is 9.80 Å². The summed E-state index contributed by atoms with van der Waals surface area (Å²) in [6.45, 7) is 3.33. The van der Waals surface area contributed by atoms with E-state index >= 15 is 0 Å². The summed E-state index contributed by atoms with van der Waals surface area (Å²) in [6, 6.07) is 5.28. The Morgan fingerprint density at radius 2 is 1.81 bits per heavy atom. The molecule has 0 unspecified atom stereocenters. The minimum atomic E-state index is -1.10. The molecular weight excluding hydrogens is 268 g/mol. The molecule has 1 aromatic rings. The van der Waals surface area contributed by atoms with Gasteiger partial charge in [0.2, 0.25) is 11.8 Å². The van der Waals surface area contributed by atoms with Gasteiger partial charge in [0.25, 0.3) is 0 Å². The lowest BCUT2D eigenvalue weighted by Crippen LogP contribution is -2.48. The highest BCUT2D eigenvalue weighted by molar-refractivity contribution is 6.20. The van der Waals surface area contributed by atoms with Crippen LogP contribution >= 0.6 is 0 Å². The van der Waals surface area contributed by atoms with Gasteiger partial charge in [-0.25, -0.2) is 0 Å². The summed E-state index contributed by atoms with van der Waals surface area (Å²) < 4.78 is 0. The molecule has 0 atom stereocenters. The van der Waals surface area contributed by atoms with E-state index in [0.717, 1.165) is 24.8 Å². The third-order valence-electron chi connectivity index (χ3n) is 4.26. The van der Waals surface area contributed by atoms with Gasteiger partial charge >= 0.3 is 0 Å². The average molecular weight is 286 g/mol. The van der Waals surface area contributed by atoms with Crippen LogP contribution in [0.4, 0.5) is 11.4 Å². The van der Waals surface area contributed by atoms with Crippen molar-refractivity contribution in [3.05, 3.63) is 23.8 Å². The molecule has 1 saturated carbocycles. The van der Waals surface area contributed by atoms with Crippen molar-refractivity contribution in [3.63, 3.8) is 0 Å². The molecule has 1 aromatic carbocycles. The quantitative estimate of drug-likeness (QED) is 0.617. The van der Waals surface area contributed by atoms with Gasteiger partial charge < -0.3 is 9.80 Å². The first-order valence-corrected chi connectivity index (χ1v) is 7.09. The number of carbonyl (C=O) groups is 3. The maximum absolute atomic E-state index is 12.8. The van der Waals surface area contributed by atoms with E-state index in [0.29, 0.717) is 11.3 Å². The molecule has 1 heterocycles. The molecule has 0 aromatic heterocycles. The molecule has 1 aliphatic heterocycles. The fourth-order valence-electron chi connectivity index (χ4n) is 2.81. The van der Waals surface area contributed by atoms with Crippen molar-refractivity contribution >= 4 is 29.5 Å². The average Bonchev–Trinajstić information content (AvgIpc) is 3.30. The standard InChI is InChI=1S/C16H18N2O3/c1-16(2)14(20)17(3)13-8-10(9-19)4-7-12(13)18(15(16)21)11-5-6-11/h4,7-9,11H,5-6H2,1-3H3. The second-order valence-electron chi connectivity index (χ2n) is 6.26. The van der Waals surface area contributed by atoms with Crippen molar-refractivity contribution in [2.24, 2.45) is 5.41 Å². The zero-order valence-corrected chi connectivity index (χ0v) is 12.4. The Bertz CT molecular complexity index is 647. The zero-order valence-electron chi connectivity index (χ0n) is 12.4. The summed E-state index contributed by atoms with van der Waals surface area (Å²) in [6.07, 6.45) is 2.65. The Kier molecular flexibility index (Phi) is 2.90. The van der Waals surface area contributed by atoms with E-state index in [1.165, 1.54) is 4.90 Å². The third-order valence-corrected chi connectivity index (χ3v) is 4.26. The minimum absolute atomic E-state index is 0.164. The van der Waals surface area contributed by atoms with E-state index in [-0.39, 0.29) is 17.9 Å². The maximum Gasteiger partial charge on any atom is 0.242 e. The molecule has 0 spiro atoms. The van der Waals surface area contributed by atoms with Gasteiger partial charge in [-0.3, -0.25) is 14.4 Å². The monoisotopic (exact) mass is 286 g/mol. The molecular formula is C16H18N2O3. The highest BCUT2D eigenvalue weighted by atomic mass is 16.2. The van der Waals surface area contributed by atoms with Crippen LogP contribution in [0.5, 0.6) is 0 Å². The van der Waals surface area contributed by atoms with Crippen LogP contribution in [0.1, 0.15) is 37.0 Å². The Labute approximate surface area is 123 Å². The SMILES string of the molecule is CN1C(=O)C(C)(C)C(=O)N(C2CC2)c2ccc(C=O)cc21. The van der Waals surface area contributed by atoms with E-state index < -0.39 is 5.41 Å². The van der Waals surface area contributed by atoms with Crippen LogP contribution in [0.3, 0.4) is 0 Å². The van der Waals surface area contributed by atoms with E-state index in [1.807, 2.05) is 0 Å². The van der Waals surface area contributed by atoms with Crippen molar-refractivity contribution in [2.75, 3.05) is 16.8 Å². The summed E-state index contributed by atoms with van der Waals surface area (Å²) in [5.74, 6) is -0.417. The fraction of sp³-hybridized carbons (Fsp3) is 0.438. The summed E-state index contributed by atoms with van der Waals surface area (Å²) in [5, 5.41) is 0. The van der Waals surface area contributed by atoms with Gasteiger partial charge in [0, 0.05) is 18.7 Å². The van der Waals surface area contributed by atoms with Crippen molar-refractivity contribution < 1.29 is 14.4 Å². The van der Waals surface area contributed by atoms with Gasteiger partial charge in [0.1, 0.15) is 11.7 Å². The van der Waals surface area contributed by atoms with Gasteiger partial charge in [-0.1, -0.05) is 0 Å². The molecule has 1 aliphatic carbocycles. The Hall–Kier alpha value is -2.17. The molecule has 0 radical (unpaired) electrons. The van der Waals surface area contributed by atoms with E-state index in [1.54, 1.807) is 44.0 Å². The van der Waals surface area contributed by atoms with Crippen LogP contribution in [-0.2, 0) is 9.59 Å². The van der Waals surface area contributed by atoms with Gasteiger partial charge in [-0.2, -0.15) is 0 Å². The van der Waals surface area contributed by atoms with Crippen LogP contribution in [0.15, 0.2) is 18.2 Å². The predicted molar refractivity (Wildman–Crippen MR) is 79.5 cm³/mol. The number of amides is 2. The summed E-state index contributed by atoms with van der Waals surface area (Å²) in [4.78, 5) is 39.7. The molecule has 0 bridgehead atoms. The number of benzene rings is 1. The first-order valence-electron chi connectivity index (χ1n) is 7.09. The molecule has 2 amide bonds. The lowest BCUT2D eigenvalue weighted by Gasteiger charge is -2.28.